The van der Waals surface area contributed by atoms with Crippen LogP contribution in [0.3, 0.4) is 0 Å². The van der Waals surface area contributed by atoms with E-state index in [1.165, 1.54) is 11.1 Å². The Morgan fingerprint density at radius 1 is 1.07 bits per heavy atom. The molecule has 2 saturated carbocycles. The van der Waals surface area contributed by atoms with Gasteiger partial charge in [-0.25, -0.2) is 9.78 Å². The number of likely N-dealkylation sites (tertiary alicyclic amines) is 1. The molecule has 0 bridgehead atoms. The van der Waals surface area contributed by atoms with Gasteiger partial charge in [0.1, 0.15) is 11.6 Å². The van der Waals surface area contributed by atoms with Crippen molar-refractivity contribution in [2.24, 2.45) is 17.3 Å². The van der Waals surface area contributed by atoms with Crippen LogP contribution in [0.5, 0.6) is 5.88 Å². The number of pyridine rings is 1. The van der Waals surface area contributed by atoms with Crippen molar-refractivity contribution in [1.29, 1.82) is 0 Å². The number of aromatic nitrogens is 1. The SMILES string of the molecule is CC(C)(C)OC(=O)NC(C(=O)N1C[C@H](C(=O)NC(CC2CCC2)C(O)C(=O)NC2CC2)C[C@@H]1Oc1ccc(Cl)cn1)C(C)(C)C. The van der Waals surface area contributed by atoms with Gasteiger partial charge >= 0.3 is 6.09 Å². The minimum atomic E-state index is -1.39. The third kappa shape index (κ3) is 9.93. The fraction of sp³-hybridized carbons (Fsp3) is 0.719. The van der Waals surface area contributed by atoms with Crippen molar-refractivity contribution in [3.63, 3.8) is 0 Å². The highest BCUT2D eigenvalue weighted by Crippen LogP contribution is 2.33. The van der Waals surface area contributed by atoms with Crippen LogP contribution < -0.4 is 20.7 Å². The van der Waals surface area contributed by atoms with Crippen molar-refractivity contribution in [2.75, 3.05) is 6.54 Å². The van der Waals surface area contributed by atoms with Gasteiger partial charge in [0.2, 0.25) is 17.7 Å². The van der Waals surface area contributed by atoms with Gasteiger partial charge in [0.25, 0.3) is 5.91 Å². The third-order valence-corrected chi connectivity index (χ3v) is 8.57. The molecule has 0 spiro atoms. The highest BCUT2D eigenvalue weighted by Gasteiger charge is 2.46. The summed E-state index contributed by atoms with van der Waals surface area (Å²) in [6, 6.07) is 1.49. The van der Waals surface area contributed by atoms with E-state index in [9.17, 15) is 24.3 Å². The van der Waals surface area contributed by atoms with Crippen LogP contribution in [0.1, 0.15) is 86.5 Å². The molecular weight excluding hydrogens is 602 g/mol. The zero-order chi connectivity index (χ0) is 33.1. The molecule has 0 aromatic carbocycles. The van der Waals surface area contributed by atoms with Crippen molar-refractivity contribution >= 4 is 35.4 Å². The lowest BCUT2D eigenvalue weighted by Crippen LogP contribution is -2.57. The molecule has 4 N–H and O–H groups in total. The first-order valence-electron chi connectivity index (χ1n) is 15.9. The topological polar surface area (TPSA) is 159 Å². The van der Waals surface area contributed by atoms with Gasteiger partial charge in [-0.15, -0.1) is 0 Å². The number of rotatable bonds is 11. The van der Waals surface area contributed by atoms with E-state index >= 15 is 0 Å². The van der Waals surface area contributed by atoms with Gasteiger partial charge in [-0.3, -0.25) is 14.4 Å². The van der Waals surface area contributed by atoms with Gasteiger partial charge < -0.3 is 35.4 Å². The molecule has 3 aliphatic rings. The van der Waals surface area contributed by atoms with Gasteiger partial charge in [0, 0.05) is 31.3 Å². The Morgan fingerprint density at radius 3 is 2.29 bits per heavy atom. The van der Waals surface area contributed by atoms with E-state index in [2.05, 4.69) is 20.9 Å². The molecule has 1 aromatic heterocycles. The summed E-state index contributed by atoms with van der Waals surface area (Å²) in [7, 11) is 0. The fourth-order valence-corrected chi connectivity index (χ4v) is 5.61. The standard InChI is InChI=1S/C32H48ClN5O7/c1-31(2,3)26(37-30(43)45-32(4,5)6)29(42)38-17-19(15-24(38)44-23-13-10-20(33)16-34-23)27(40)36-22(14-18-8-7-9-18)25(39)28(41)35-21-11-12-21/h10,13,16,18-19,21-22,24-26,39H,7-9,11-12,14-15,17H2,1-6H3,(H,35,41)(H,36,40)(H,37,43)/t19-,22?,24+,25?,26?/m1/s1. The quantitative estimate of drug-likeness (QED) is 0.283. The lowest BCUT2D eigenvalue weighted by Gasteiger charge is -2.35. The lowest BCUT2D eigenvalue weighted by molar-refractivity contribution is -0.142. The van der Waals surface area contributed by atoms with Crippen LogP contribution in [0.25, 0.3) is 0 Å². The van der Waals surface area contributed by atoms with Crippen LogP contribution in [0, 0.1) is 17.3 Å². The third-order valence-electron chi connectivity index (χ3n) is 8.35. The maximum atomic E-state index is 14.1. The highest BCUT2D eigenvalue weighted by molar-refractivity contribution is 6.30. The minimum Gasteiger partial charge on any atom is -0.453 e. The predicted octanol–water partition coefficient (Wildman–Crippen LogP) is 3.54. The average Bonchev–Trinajstić information content (AvgIpc) is 3.63. The van der Waals surface area contributed by atoms with Crippen molar-refractivity contribution in [1.82, 2.24) is 25.8 Å². The van der Waals surface area contributed by atoms with Crippen LogP contribution in [0.4, 0.5) is 4.79 Å². The number of aliphatic hydroxyl groups is 1. The Kier molecular flexibility index (Phi) is 10.9. The molecule has 2 heterocycles. The van der Waals surface area contributed by atoms with Gasteiger partial charge in [-0.05, 0) is 57.4 Å². The molecule has 1 saturated heterocycles. The Bertz CT molecular complexity index is 1220. The number of aliphatic hydroxyl groups excluding tert-OH is 1. The van der Waals surface area contributed by atoms with Crippen LogP contribution >= 0.6 is 11.6 Å². The van der Waals surface area contributed by atoms with E-state index in [-0.39, 0.29) is 24.9 Å². The van der Waals surface area contributed by atoms with E-state index < -0.39 is 65.2 Å². The number of carbonyl (C=O) groups is 4. The van der Waals surface area contributed by atoms with E-state index in [0.717, 1.165) is 32.1 Å². The van der Waals surface area contributed by atoms with Crippen molar-refractivity contribution in [3.05, 3.63) is 23.4 Å². The number of ether oxygens (including phenoxy) is 2. The Morgan fingerprint density at radius 2 is 1.76 bits per heavy atom. The number of hydrogen-bond acceptors (Lipinski definition) is 8. The molecule has 13 heteroatoms. The first-order chi connectivity index (χ1) is 21.0. The smallest absolute Gasteiger partial charge is 0.408 e. The summed E-state index contributed by atoms with van der Waals surface area (Å²) < 4.78 is 11.6. The number of alkyl carbamates (subject to hydrolysis) is 1. The molecule has 2 aliphatic carbocycles. The Hall–Kier alpha value is -3.12. The van der Waals surface area contributed by atoms with E-state index in [1.807, 2.05) is 20.8 Å². The van der Waals surface area contributed by atoms with Crippen LogP contribution in [-0.2, 0) is 19.1 Å². The van der Waals surface area contributed by atoms with Crippen LogP contribution in [0.15, 0.2) is 18.3 Å². The maximum absolute atomic E-state index is 14.1. The molecule has 3 fully saturated rings. The number of amides is 4. The van der Waals surface area contributed by atoms with Gasteiger partial charge in [0.15, 0.2) is 12.3 Å². The molecule has 1 aliphatic heterocycles. The first kappa shape index (κ1) is 34.7. The summed E-state index contributed by atoms with van der Waals surface area (Å²) >= 11 is 6.00. The molecule has 250 valence electrons. The van der Waals surface area contributed by atoms with Gasteiger partial charge in [-0.1, -0.05) is 51.6 Å². The molecule has 12 nitrogen and oxygen atoms in total. The van der Waals surface area contributed by atoms with E-state index in [1.54, 1.807) is 32.9 Å². The molecule has 5 atom stereocenters. The molecule has 1 aromatic rings. The number of nitrogens with zero attached hydrogens (tertiary/aromatic N) is 2. The van der Waals surface area contributed by atoms with Crippen molar-refractivity contribution in [3.8, 4) is 5.88 Å². The fourth-order valence-electron chi connectivity index (χ4n) is 5.50. The zero-order valence-electron chi connectivity index (χ0n) is 27.1. The second-order valence-electron chi connectivity index (χ2n) is 14.6. The molecule has 0 radical (unpaired) electrons. The van der Waals surface area contributed by atoms with Crippen molar-refractivity contribution < 1.29 is 33.8 Å². The minimum absolute atomic E-state index is 0.00792. The van der Waals surface area contributed by atoms with Gasteiger partial charge in [0.05, 0.1) is 17.0 Å². The molecular formula is C32H48ClN5O7. The Balaban J connectivity index is 1.53. The first-order valence-corrected chi connectivity index (χ1v) is 16.2. The second-order valence-corrected chi connectivity index (χ2v) is 15.1. The Labute approximate surface area is 270 Å². The van der Waals surface area contributed by atoms with Crippen molar-refractivity contribution in [2.45, 2.75) is 123 Å². The number of hydrogen-bond donors (Lipinski definition) is 4. The summed E-state index contributed by atoms with van der Waals surface area (Å²) in [5.41, 5.74) is -1.49. The zero-order valence-corrected chi connectivity index (χ0v) is 27.9. The number of nitrogens with one attached hydrogen (secondary N) is 3. The maximum Gasteiger partial charge on any atom is 0.408 e. The lowest BCUT2D eigenvalue weighted by atomic mass is 9.79. The number of carbonyl (C=O) groups excluding carboxylic acids is 4. The van der Waals surface area contributed by atoms with Crippen LogP contribution in [0.2, 0.25) is 5.02 Å². The summed E-state index contributed by atoms with van der Waals surface area (Å²) in [5, 5.41) is 19.9. The van der Waals surface area contributed by atoms with Crippen LogP contribution in [-0.4, -0.2) is 81.4 Å². The molecule has 3 unspecified atom stereocenters. The summed E-state index contributed by atoms with van der Waals surface area (Å²) in [4.78, 5) is 59.0. The van der Waals surface area contributed by atoms with E-state index in [4.69, 9.17) is 21.1 Å². The largest absolute Gasteiger partial charge is 0.453 e. The molecule has 4 amide bonds. The summed E-state index contributed by atoms with van der Waals surface area (Å²) in [6.45, 7) is 10.7. The summed E-state index contributed by atoms with van der Waals surface area (Å²) in [6.07, 6.45) is 3.84. The number of halogens is 1. The van der Waals surface area contributed by atoms with Gasteiger partial charge in [-0.2, -0.15) is 0 Å². The predicted molar refractivity (Wildman–Crippen MR) is 167 cm³/mol. The van der Waals surface area contributed by atoms with E-state index in [0.29, 0.717) is 17.4 Å². The summed E-state index contributed by atoms with van der Waals surface area (Å²) in [5.74, 6) is -1.50. The monoisotopic (exact) mass is 649 g/mol. The highest BCUT2D eigenvalue weighted by atomic mass is 35.5. The molecule has 4 rings (SSSR count). The average molecular weight is 650 g/mol. The normalized spacial score (nSPS) is 22.4. The second kappa shape index (κ2) is 14.1. The molecule has 45 heavy (non-hydrogen) atoms.